The molecule has 0 radical (unpaired) electrons. The molecule has 5 nitrogen and oxygen atoms in total. The maximum Gasteiger partial charge on any atom is 0.258 e. The second-order valence-electron chi connectivity index (χ2n) is 5.69. The van der Waals surface area contributed by atoms with E-state index >= 15 is 0 Å². The van der Waals surface area contributed by atoms with Crippen LogP contribution in [0.1, 0.15) is 30.6 Å². The summed E-state index contributed by atoms with van der Waals surface area (Å²) < 4.78 is 0. The summed E-state index contributed by atoms with van der Waals surface area (Å²) in [5.41, 5.74) is 0.0536. The lowest BCUT2D eigenvalue weighted by Crippen LogP contribution is -2.57. The number of hydrogen-bond donors (Lipinski definition) is 2. The second-order valence-corrected chi connectivity index (χ2v) is 6.48. The zero-order valence-electron chi connectivity index (χ0n) is 12.4. The molecule has 1 saturated heterocycles. The molecule has 0 saturated carbocycles. The number of hydrogen-bond acceptors (Lipinski definition) is 3. The minimum Gasteiger partial charge on any atom is -0.505 e. The van der Waals surface area contributed by atoms with Crippen LogP contribution >= 0.6 is 23.2 Å². The van der Waals surface area contributed by atoms with Crippen molar-refractivity contribution in [3.8, 4) is 5.75 Å². The lowest BCUT2D eigenvalue weighted by atomic mass is 9.99. The van der Waals surface area contributed by atoms with Crippen LogP contribution in [0, 0.1) is 5.92 Å². The third-order valence-electron chi connectivity index (χ3n) is 3.59. The maximum absolute atomic E-state index is 12.7. The van der Waals surface area contributed by atoms with Crippen molar-refractivity contribution in [1.82, 2.24) is 10.2 Å². The van der Waals surface area contributed by atoms with Gasteiger partial charge in [0.25, 0.3) is 5.91 Å². The second kappa shape index (κ2) is 6.75. The third-order valence-corrected chi connectivity index (χ3v) is 4.38. The minimum atomic E-state index is -0.546. The number of nitrogens with one attached hydrogen (secondary N) is 1. The number of phenols is 1. The Hall–Kier alpha value is -1.46. The molecule has 0 aromatic heterocycles. The lowest BCUT2D eigenvalue weighted by molar-refractivity contribution is -0.128. The quantitative estimate of drug-likeness (QED) is 0.885. The van der Waals surface area contributed by atoms with Gasteiger partial charge in [0.05, 0.1) is 10.6 Å². The number of nitrogens with zero attached hydrogens (tertiary/aromatic N) is 1. The molecule has 0 spiro atoms. The SMILES string of the molecule is CC(C)CC1C(=O)NCCN1C(=O)c1ccc(Cl)c(Cl)c1O. The number of amides is 2. The number of piperazine rings is 1. The van der Waals surface area contributed by atoms with Gasteiger partial charge >= 0.3 is 0 Å². The normalized spacial score (nSPS) is 18.5. The van der Waals surface area contributed by atoms with Crippen molar-refractivity contribution in [2.75, 3.05) is 13.1 Å². The van der Waals surface area contributed by atoms with Gasteiger partial charge in [0.15, 0.2) is 0 Å². The Balaban J connectivity index is 2.34. The highest BCUT2D eigenvalue weighted by Gasteiger charge is 2.35. The summed E-state index contributed by atoms with van der Waals surface area (Å²) in [5, 5.41) is 12.9. The number of carbonyl (C=O) groups excluding carboxylic acids is 2. The number of aromatic hydroxyl groups is 1. The maximum atomic E-state index is 12.7. The van der Waals surface area contributed by atoms with Crippen LogP contribution in [0.15, 0.2) is 12.1 Å². The van der Waals surface area contributed by atoms with Gasteiger partial charge in [0.2, 0.25) is 5.91 Å². The van der Waals surface area contributed by atoms with E-state index in [1.165, 1.54) is 17.0 Å². The van der Waals surface area contributed by atoms with Crippen molar-refractivity contribution in [2.24, 2.45) is 5.92 Å². The topological polar surface area (TPSA) is 69.6 Å². The Morgan fingerprint density at radius 3 is 2.77 bits per heavy atom. The molecule has 7 heteroatoms. The highest BCUT2D eigenvalue weighted by atomic mass is 35.5. The third kappa shape index (κ3) is 3.31. The van der Waals surface area contributed by atoms with Crippen LogP contribution in [-0.4, -0.2) is 41.0 Å². The molecule has 22 heavy (non-hydrogen) atoms. The highest BCUT2D eigenvalue weighted by molar-refractivity contribution is 6.43. The summed E-state index contributed by atoms with van der Waals surface area (Å²) in [4.78, 5) is 26.3. The molecule has 2 N–H and O–H groups in total. The van der Waals surface area contributed by atoms with Gasteiger partial charge in [-0.1, -0.05) is 37.0 Å². The molecule has 1 fully saturated rings. The fourth-order valence-corrected chi connectivity index (χ4v) is 2.82. The van der Waals surface area contributed by atoms with Crippen molar-refractivity contribution < 1.29 is 14.7 Å². The molecular weight excluding hydrogens is 327 g/mol. The molecular formula is C15H18Cl2N2O3. The molecule has 1 unspecified atom stereocenters. The molecule has 1 aliphatic heterocycles. The Bertz CT molecular complexity index is 605. The van der Waals surface area contributed by atoms with Crippen LogP contribution in [0.4, 0.5) is 0 Å². The molecule has 1 aromatic carbocycles. The van der Waals surface area contributed by atoms with Crippen LogP contribution in [0.5, 0.6) is 5.75 Å². The van der Waals surface area contributed by atoms with Gasteiger partial charge in [-0.2, -0.15) is 0 Å². The van der Waals surface area contributed by atoms with Crippen molar-refractivity contribution in [2.45, 2.75) is 26.3 Å². The molecule has 1 aromatic rings. The summed E-state index contributed by atoms with van der Waals surface area (Å²) >= 11 is 11.7. The Morgan fingerprint density at radius 1 is 1.45 bits per heavy atom. The molecule has 120 valence electrons. The van der Waals surface area contributed by atoms with Crippen molar-refractivity contribution >= 4 is 35.0 Å². The molecule has 0 bridgehead atoms. The average molecular weight is 345 g/mol. The number of carbonyl (C=O) groups is 2. The molecule has 2 amide bonds. The molecule has 1 atom stereocenters. The van der Waals surface area contributed by atoms with Gasteiger partial charge in [-0.25, -0.2) is 0 Å². The predicted molar refractivity (Wildman–Crippen MR) is 85.4 cm³/mol. The zero-order chi connectivity index (χ0) is 16.4. The molecule has 0 aliphatic carbocycles. The van der Waals surface area contributed by atoms with E-state index in [1.807, 2.05) is 13.8 Å². The summed E-state index contributed by atoms with van der Waals surface area (Å²) in [6.07, 6.45) is 0.555. The Kier molecular flexibility index (Phi) is 5.19. The lowest BCUT2D eigenvalue weighted by Gasteiger charge is -2.36. The highest BCUT2D eigenvalue weighted by Crippen LogP contribution is 2.35. The van der Waals surface area contributed by atoms with Crippen LogP contribution < -0.4 is 5.32 Å². The first kappa shape index (κ1) is 16.9. The van der Waals surface area contributed by atoms with Crippen LogP contribution in [0.2, 0.25) is 10.0 Å². The minimum absolute atomic E-state index is 0.0536. The van der Waals surface area contributed by atoms with E-state index in [4.69, 9.17) is 23.2 Å². The fourth-order valence-electron chi connectivity index (χ4n) is 2.51. The fraction of sp³-hybridized carbons (Fsp3) is 0.467. The summed E-state index contributed by atoms with van der Waals surface area (Å²) in [5.74, 6) is -0.690. The zero-order valence-corrected chi connectivity index (χ0v) is 13.9. The van der Waals surface area contributed by atoms with Crippen molar-refractivity contribution in [3.05, 3.63) is 27.7 Å². The van der Waals surface area contributed by atoms with Gasteiger partial charge in [0.1, 0.15) is 16.8 Å². The van der Waals surface area contributed by atoms with Crippen molar-refractivity contribution in [1.29, 1.82) is 0 Å². The van der Waals surface area contributed by atoms with E-state index in [1.54, 1.807) is 0 Å². The Morgan fingerprint density at radius 2 is 2.14 bits per heavy atom. The van der Waals surface area contributed by atoms with E-state index in [2.05, 4.69) is 5.32 Å². The first-order valence-electron chi connectivity index (χ1n) is 7.08. The number of benzene rings is 1. The van der Waals surface area contributed by atoms with Crippen molar-refractivity contribution in [3.63, 3.8) is 0 Å². The van der Waals surface area contributed by atoms with E-state index in [-0.39, 0.29) is 33.2 Å². The van der Waals surface area contributed by atoms with Gasteiger partial charge in [-0.3, -0.25) is 9.59 Å². The summed E-state index contributed by atoms with van der Waals surface area (Å²) in [6.45, 7) is 4.76. The molecule has 1 heterocycles. The monoisotopic (exact) mass is 344 g/mol. The number of rotatable bonds is 3. The Labute approximate surface area is 139 Å². The van der Waals surface area contributed by atoms with Crippen LogP contribution in [0.3, 0.4) is 0 Å². The van der Waals surface area contributed by atoms with E-state index in [0.29, 0.717) is 19.5 Å². The first-order chi connectivity index (χ1) is 10.3. The first-order valence-corrected chi connectivity index (χ1v) is 7.84. The van der Waals surface area contributed by atoms with E-state index in [0.717, 1.165) is 0 Å². The van der Waals surface area contributed by atoms with Gasteiger partial charge in [-0.15, -0.1) is 0 Å². The average Bonchev–Trinajstić information content (AvgIpc) is 2.46. The predicted octanol–water partition coefficient (Wildman–Crippen LogP) is 2.69. The number of phenolic OH excluding ortho intramolecular Hbond substituents is 1. The largest absolute Gasteiger partial charge is 0.505 e. The summed E-state index contributed by atoms with van der Waals surface area (Å²) in [6, 6.07) is 2.33. The summed E-state index contributed by atoms with van der Waals surface area (Å²) in [7, 11) is 0. The van der Waals surface area contributed by atoms with E-state index in [9.17, 15) is 14.7 Å². The van der Waals surface area contributed by atoms with Gasteiger partial charge in [0, 0.05) is 13.1 Å². The standard InChI is InChI=1S/C15H18Cl2N2O3/c1-8(2)7-11-14(21)18-5-6-19(11)15(22)9-3-4-10(16)12(17)13(9)20/h3-4,8,11,20H,5-7H2,1-2H3,(H,18,21). The van der Waals surface area contributed by atoms with Crippen LogP contribution in [-0.2, 0) is 4.79 Å². The molecule has 2 rings (SSSR count). The molecule has 1 aliphatic rings. The smallest absolute Gasteiger partial charge is 0.258 e. The van der Waals surface area contributed by atoms with Gasteiger partial charge < -0.3 is 15.3 Å². The van der Waals surface area contributed by atoms with Crippen LogP contribution in [0.25, 0.3) is 0 Å². The van der Waals surface area contributed by atoms with E-state index < -0.39 is 11.9 Å². The number of halogens is 2. The van der Waals surface area contributed by atoms with Gasteiger partial charge in [-0.05, 0) is 24.5 Å².